The second-order valence-corrected chi connectivity index (χ2v) is 6.75. The summed E-state index contributed by atoms with van der Waals surface area (Å²) in [4.78, 5) is 7.03. The van der Waals surface area contributed by atoms with Gasteiger partial charge in [0.25, 0.3) is 0 Å². The third-order valence-corrected chi connectivity index (χ3v) is 4.24. The van der Waals surface area contributed by atoms with E-state index in [9.17, 15) is 0 Å². The number of nitrogens with one attached hydrogen (secondary N) is 1. The zero-order chi connectivity index (χ0) is 12.8. The maximum absolute atomic E-state index is 4.66. The third-order valence-electron chi connectivity index (χ3n) is 3.17. The summed E-state index contributed by atoms with van der Waals surface area (Å²) in [6, 6.07) is 1.20. The van der Waals surface area contributed by atoms with Crippen LogP contribution in [0, 0.1) is 0 Å². The van der Waals surface area contributed by atoms with Gasteiger partial charge >= 0.3 is 0 Å². The molecule has 17 heavy (non-hydrogen) atoms. The van der Waals surface area contributed by atoms with Crippen LogP contribution in [0.1, 0.15) is 40.5 Å². The highest BCUT2D eigenvalue weighted by molar-refractivity contribution is 8.14. The highest BCUT2D eigenvalue weighted by atomic mass is 32.2. The molecule has 100 valence electrons. The van der Waals surface area contributed by atoms with Gasteiger partial charge in [0.1, 0.15) is 0 Å². The molecule has 1 aliphatic heterocycles. The zero-order valence-corrected chi connectivity index (χ0v) is 12.7. The van der Waals surface area contributed by atoms with Crippen LogP contribution in [0.5, 0.6) is 0 Å². The van der Waals surface area contributed by atoms with E-state index in [1.165, 1.54) is 6.42 Å². The van der Waals surface area contributed by atoms with Crippen LogP contribution >= 0.6 is 11.8 Å². The van der Waals surface area contributed by atoms with Crippen LogP contribution in [-0.4, -0.2) is 47.5 Å². The number of amidine groups is 1. The topological polar surface area (TPSA) is 27.6 Å². The molecule has 1 saturated heterocycles. The minimum absolute atomic E-state index is 0.573. The molecule has 3 nitrogen and oxygen atoms in total. The molecule has 1 rings (SSSR count). The van der Waals surface area contributed by atoms with E-state index in [4.69, 9.17) is 0 Å². The van der Waals surface area contributed by atoms with E-state index in [1.807, 2.05) is 11.8 Å². The van der Waals surface area contributed by atoms with Gasteiger partial charge in [-0.15, -0.1) is 0 Å². The van der Waals surface area contributed by atoms with E-state index in [2.05, 4.69) is 50.0 Å². The van der Waals surface area contributed by atoms with Crippen molar-refractivity contribution >= 4 is 16.9 Å². The van der Waals surface area contributed by atoms with Crippen molar-refractivity contribution in [3.05, 3.63) is 0 Å². The summed E-state index contributed by atoms with van der Waals surface area (Å²) in [6.07, 6.45) is 2.38. The fraction of sp³-hybridized carbons (Fsp3) is 0.923. The Balaban J connectivity index is 2.24. The van der Waals surface area contributed by atoms with Gasteiger partial charge in [-0.1, -0.05) is 18.7 Å². The minimum Gasteiger partial charge on any atom is -0.362 e. The lowest BCUT2D eigenvalue weighted by Crippen LogP contribution is -2.38. The van der Waals surface area contributed by atoms with Gasteiger partial charge in [0.15, 0.2) is 5.17 Å². The summed E-state index contributed by atoms with van der Waals surface area (Å²) in [6.45, 7) is 11.0. The molecule has 0 saturated carbocycles. The van der Waals surface area contributed by atoms with Crippen LogP contribution in [0.3, 0.4) is 0 Å². The summed E-state index contributed by atoms with van der Waals surface area (Å²) in [5.74, 6) is 0. The molecule has 0 aliphatic carbocycles. The maximum Gasteiger partial charge on any atom is 0.157 e. The lowest BCUT2D eigenvalue weighted by molar-refractivity contribution is 0.272. The van der Waals surface area contributed by atoms with E-state index in [1.54, 1.807) is 0 Å². The molecule has 2 unspecified atom stereocenters. The van der Waals surface area contributed by atoms with Crippen molar-refractivity contribution in [2.75, 3.05) is 20.1 Å². The van der Waals surface area contributed by atoms with Crippen LogP contribution in [0.15, 0.2) is 4.99 Å². The predicted molar refractivity (Wildman–Crippen MR) is 79.0 cm³/mol. The normalized spacial score (nSPS) is 27.8. The van der Waals surface area contributed by atoms with Crippen molar-refractivity contribution in [2.45, 2.75) is 57.9 Å². The molecule has 1 aliphatic rings. The second-order valence-electron chi connectivity index (χ2n) is 5.32. The molecule has 1 N–H and O–H groups in total. The zero-order valence-electron chi connectivity index (χ0n) is 11.9. The molecule has 0 radical (unpaired) electrons. The molecular weight excluding hydrogens is 230 g/mol. The molecule has 0 spiro atoms. The monoisotopic (exact) mass is 257 g/mol. The molecule has 0 aromatic carbocycles. The number of hydrogen-bond donors (Lipinski definition) is 1. The Morgan fingerprint density at radius 1 is 1.47 bits per heavy atom. The average Bonchev–Trinajstić information content (AvgIpc) is 2.22. The average molecular weight is 257 g/mol. The summed E-state index contributed by atoms with van der Waals surface area (Å²) in [7, 11) is 2.18. The van der Waals surface area contributed by atoms with Crippen molar-refractivity contribution in [1.29, 1.82) is 0 Å². The first-order valence-corrected chi connectivity index (χ1v) is 7.55. The molecule has 1 fully saturated rings. The van der Waals surface area contributed by atoms with Gasteiger partial charge in [-0.25, -0.2) is 0 Å². The van der Waals surface area contributed by atoms with Crippen LogP contribution < -0.4 is 5.32 Å². The first-order valence-electron chi connectivity index (χ1n) is 6.67. The molecule has 1 heterocycles. The van der Waals surface area contributed by atoms with Gasteiger partial charge in [-0.05, 0) is 47.2 Å². The Bertz CT molecular complexity index is 241. The fourth-order valence-electron chi connectivity index (χ4n) is 1.88. The number of hydrogen-bond acceptors (Lipinski definition) is 3. The lowest BCUT2D eigenvalue weighted by Gasteiger charge is -2.27. The van der Waals surface area contributed by atoms with E-state index >= 15 is 0 Å². The van der Waals surface area contributed by atoms with Crippen molar-refractivity contribution < 1.29 is 0 Å². The molecule has 2 atom stereocenters. The van der Waals surface area contributed by atoms with E-state index in [0.29, 0.717) is 17.3 Å². The third kappa shape index (κ3) is 5.77. The maximum atomic E-state index is 4.66. The SMILES string of the molecule is CC1CC(C)SC(=NCCCN(C)C(C)C)N1. The van der Waals surface area contributed by atoms with Gasteiger partial charge in [-0.2, -0.15) is 0 Å². The largest absolute Gasteiger partial charge is 0.362 e. The van der Waals surface area contributed by atoms with E-state index in [-0.39, 0.29) is 0 Å². The molecule has 0 aromatic heterocycles. The number of aliphatic imine (C=N–C) groups is 1. The highest BCUT2D eigenvalue weighted by Gasteiger charge is 2.19. The van der Waals surface area contributed by atoms with E-state index < -0.39 is 0 Å². The van der Waals surface area contributed by atoms with Crippen LogP contribution in [-0.2, 0) is 0 Å². The molecule has 0 bridgehead atoms. The summed E-state index contributed by atoms with van der Waals surface area (Å²) < 4.78 is 0. The summed E-state index contributed by atoms with van der Waals surface area (Å²) in [5, 5.41) is 5.30. The van der Waals surface area contributed by atoms with Crippen LogP contribution in [0.2, 0.25) is 0 Å². The second kappa shape index (κ2) is 7.27. The number of thioether (sulfide) groups is 1. The first-order chi connectivity index (χ1) is 7.99. The fourth-order valence-corrected chi connectivity index (χ4v) is 3.08. The Labute approximate surface area is 110 Å². The molecular formula is C13H27N3S. The number of rotatable bonds is 5. The minimum atomic E-state index is 0.573. The van der Waals surface area contributed by atoms with E-state index in [0.717, 1.165) is 24.7 Å². The summed E-state index contributed by atoms with van der Waals surface area (Å²) in [5.41, 5.74) is 0. The quantitative estimate of drug-likeness (QED) is 0.767. The van der Waals surface area contributed by atoms with Crippen LogP contribution in [0.25, 0.3) is 0 Å². The van der Waals surface area contributed by atoms with Crippen molar-refractivity contribution in [3.8, 4) is 0 Å². The highest BCUT2D eigenvalue weighted by Crippen LogP contribution is 2.22. The van der Waals surface area contributed by atoms with Gasteiger partial charge in [0, 0.05) is 23.9 Å². The molecule has 0 aromatic rings. The van der Waals surface area contributed by atoms with Crippen LogP contribution in [0.4, 0.5) is 0 Å². The van der Waals surface area contributed by atoms with Gasteiger partial charge in [0.05, 0.1) is 0 Å². The standard InChI is InChI=1S/C13H27N3S/c1-10(2)16(5)8-6-7-14-13-15-11(3)9-12(4)17-13/h10-12H,6-9H2,1-5H3,(H,14,15). The van der Waals surface area contributed by atoms with Gasteiger partial charge in [0.2, 0.25) is 0 Å². The molecule has 4 heteroatoms. The lowest BCUT2D eigenvalue weighted by atomic mass is 10.2. The summed E-state index contributed by atoms with van der Waals surface area (Å²) >= 11 is 1.88. The Morgan fingerprint density at radius 3 is 2.76 bits per heavy atom. The number of nitrogens with zero attached hydrogens (tertiary/aromatic N) is 2. The van der Waals surface area contributed by atoms with Gasteiger partial charge in [-0.3, -0.25) is 4.99 Å². The van der Waals surface area contributed by atoms with Crippen molar-refractivity contribution in [1.82, 2.24) is 10.2 Å². The first kappa shape index (κ1) is 14.8. The van der Waals surface area contributed by atoms with Crippen molar-refractivity contribution in [2.24, 2.45) is 4.99 Å². The molecule has 0 amide bonds. The Kier molecular flexibility index (Phi) is 6.34. The predicted octanol–water partition coefficient (Wildman–Crippen LogP) is 2.58. The van der Waals surface area contributed by atoms with Gasteiger partial charge < -0.3 is 10.2 Å². The Morgan fingerprint density at radius 2 is 2.18 bits per heavy atom. The Hall–Kier alpha value is -0.220. The smallest absolute Gasteiger partial charge is 0.157 e. The van der Waals surface area contributed by atoms with Crippen molar-refractivity contribution in [3.63, 3.8) is 0 Å².